The van der Waals surface area contributed by atoms with Crippen LogP contribution in [-0.4, -0.2) is 19.2 Å². The second-order valence-electron chi connectivity index (χ2n) is 3.42. The molecule has 1 unspecified atom stereocenters. The molecule has 1 atom stereocenters. The fourth-order valence-electron chi connectivity index (χ4n) is 1.46. The smallest absolute Gasteiger partial charge is 0.304 e. The summed E-state index contributed by atoms with van der Waals surface area (Å²) in [5, 5.41) is 0. The third kappa shape index (κ3) is 3.27. The van der Waals surface area contributed by atoms with Gasteiger partial charge in [-0.15, -0.1) is 0 Å². The Kier molecular flexibility index (Phi) is 4.16. The summed E-state index contributed by atoms with van der Waals surface area (Å²) in [6.07, 6.45) is 0.579. The molecule has 0 heterocycles. The molecule has 1 aromatic rings. The number of ether oxygens (including phenoxy) is 1. The molecule has 1 aromatic carbocycles. The first-order chi connectivity index (χ1) is 7.15. The Bertz CT molecular complexity index is 311. The SMILES string of the molecule is CCC(OC(C)=O)N(C)c1ccccc1. The molecule has 15 heavy (non-hydrogen) atoms. The quantitative estimate of drug-likeness (QED) is 0.561. The van der Waals surface area contributed by atoms with Crippen molar-refractivity contribution in [3.8, 4) is 0 Å². The fourth-order valence-corrected chi connectivity index (χ4v) is 1.46. The van der Waals surface area contributed by atoms with Crippen molar-refractivity contribution >= 4 is 11.7 Å². The molecule has 3 heteroatoms. The molecule has 0 fully saturated rings. The molecule has 0 aliphatic rings. The summed E-state index contributed by atoms with van der Waals surface area (Å²) in [5.41, 5.74) is 1.05. The predicted octanol–water partition coefficient (Wildman–Crippen LogP) is 2.42. The Morgan fingerprint density at radius 1 is 1.40 bits per heavy atom. The number of rotatable bonds is 4. The number of carbonyl (C=O) groups excluding carboxylic acids is 1. The Hall–Kier alpha value is -1.51. The average molecular weight is 207 g/mol. The van der Waals surface area contributed by atoms with E-state index in [0.717, 1.165) is 12.1 Å². The predicted molar refractivity (Wildman–Crippen MR) is 60.7 cm³/mol. The normalized spacial score (nSPS) is 11.9. The number of para-hydroxylation sites is 1. The molecule has 0 N–H and O–H groups in total. The van der Waals surface area contributed by atoms with Crippen molar-refractivity contribution in [1.29, 1.82) is 0 Å². The second kappa shape index (κ2) is 5.39. The summed E-state index contributed by atoms with van der Waals surface area (Å²) in [5.74, 6) is -0.246. The molecule has 0 aliphatic heterocycles. The number of carbonyl (C=O) groups is 1. The van der Waals surface area contributed by atoms with E-state index < -0.39 is 0 Å². The largest absolute Gasteiger partial charge is 0.442 e. The van der Waals surface area contributed by atoms with Crippen molar-refractivity contribution in [1.82, 2.24) is 0 Å². The van der Waals surface area contributed by atoms with E-state index in [4.69, 9.17) is 4.74 Å². The molecule has 0 saturated carbocycles. The van der Waals surface area contributed by atoms with Crippen LogP contribution in [0, 0.1) is 0 Å². The van der Waals surface area contributed by atoms with Crippen LogP contribution in [0.3, 0.4) is 0 Å². The second-order valence-corrected chi connectivity index (χ2v) is 3.42. The lowest BCUT2D eigenvalue weighted by atomic mass is 10.2. The van der Waals surface area contributed by atoms with E-state index in [-0.39, 0.29) is 12.2 Å². The molecular weight excluding hydrogens is 190 g/mol. The van der Waals surface area contributed by atoms with Gasteiger partial charge in [0.15, 0.2) is 6.23 Å². The van der Waals surface area contributed by atoms with Gasteiger partial charge in [0.1, 0.15) is 0 Å². The third-order valence-corrected chi connectivity index (χ3v) is 2.25. The minimum Gasteiger partial charge on any atom is -0.442 e. The Morgan fingerprint density at radius 2 is 2.00 bits per heavy atom. The molecule has 0 saturated heterocycles. The molecule has 0 amide bonds. The van der Waals surface area contributed by atoms with Crippen molar-refractivity contribution in [3.63, 3.8) is 0 Å². The van der Waals surface area contributed by atoms with Gasteiger partial charge in [-0.25, -0.2) is 0 Å². The van der Waals surface area contributed by atoms with E-state index >= 15 is 0 Å². The number of hydrogen-bond acceptors (Lipinski definition) is 3. The zero-order valence-electron chi connectivity index (χ0n) is 9.43. The molecular formula is C12H17NO2. The van der Waals surface area contributed by atoms with Gasteiger partial charge in [0.25, 0.3) is 0 Å². The fraction of sp³-hybridized carbons (Fsp3) is 0.417. The van der Waals surface area contributed by atoms with E-state index in [2.05, 4.69) is 0 Å². The van der Waals surface area contributed by atoms with Crippen LogP contribution in [0.5, 0.6) is 0 Å². The van der Waals surface area contributed by atoms with Crippen LogP contribution in [0.1, 0.15) is 20.3 Å². The van der Waals surface area contributed by atoms with Gasteiger partial charge < -0.3 is 9.64 Å². The van der Waals surface area contributed by atoms with Crippen LogP contribution in [0.15, 0.2) is 30.3 Å². The first-order valence-electron chi connectivity index (χ1n) is 5.10. The van der Waals surface area contributed by atoms with E-state index in [1.54, 1.807) is 0 Å². The summed E-state index contributed by atoms with van der Waals surface area (Å²) < 4.78 is 5.20. The lowest BCUT2D eigenvalue weighted by Crippen LogP contribution is -2.34. The zero-order valence-corrected chi connectivity index (χ0v) is 9.43. The van der Waals surface area contributed by atoms with Gasteiger partial charge >= 0.3 is 5.97 Å². The van der Waals surface area contributed by atoms with E-state index in [0.29, 0.717) is 0 Å². The van der Waals surface area contributed by atoms with Gasteiger partial charge in [-0.2, -0.15) is 0 Å². The van der Waals surface area contributed by atoms with Crippen molar-refractivity contribution < 1.29 is 9.53 Å². The lowest BCUT2D eigenvalue weighted by Gasteiger charge is -2.28. The molecule has 0 radical (unpaired) electrons. The lowest BCUT2D eigenvalue weighted by molar-refractivity contribution is -0.146. The summed E-state index contributed by atoms with van der Waals surface area (Å²) in [6.45, 7) is 3.43. The van der Waals surface area contributed by atoms with Crippen LogP contribution in [0.2, 0.25) is 0 Å². The Labute approximate surface area is 90.7 Å². The molecule has 0 aromatic heterocycles. The van der Waals surface area contributed by atoms with Crippen molar-refractivity contribution in [2.24, 2.45) is 0 Å². The summed E-state index contributed by atoms with van der Waals surface area (Å²) >= 11 is 0. The Morgan fingerprint density at radius 3 is 2.47 bits per heavy atom. The topological polar surface area (TPSA) is 29.5 Å². The van der Waals surface area contributed by atoms with E-state index in [1.165, 1.54) is 6.92 Å². The summed E-state index contributed by atoms with van der Waals surface area (Å²) in [6, 6.07) is 9.88. The Balaban J connectivity index is 2.73. The van der Waals surface area contributed by atoms with Gasteiger partial charge in [0, 0.05) is 26.1 Å². The number of benzene rings is 1. The van der Waals surface area contributed by atoms with Gasteiger partial charge in [-0.1, -0.05) is 25.1 Å². The highest BCUT2D eigenvalue weighted by Crippen LogP contribution is 2.16. The highest BCUT2D eigenvalue weighted by Gasteiger charge is 2.15. The first kappa shape index (κ1) is 11.6. The molecule has 3 nitrogen and oxygen atoms in total. The van der Waals surface area contributed by atoms with E-state index in [9.17, 15) is 4.79 Å². The monoisotopic (exact) mass is 207 g/mol. The standard InChI is InChI=1S/C12H17NO2/c1-4-12(15-10(2)14)13(3)11-8-6-5-7-9-11/h5-9,12H,4H2,1-3H3. The molecule has 0 aliphatic carbocycles. The number of esters is 1. The van der Waals surface area contributed by atoms with Gasteiger partial charge in [0.05, 0.1) is 0 Å². The maximum atomic E-state index is 10.9. The highest BCUT2D eigenvalue weighted by atomic mass is 16.6. The molecule has 0 spiro atoms. The average Bonchev–Trinajstić information content (AvgIpc) is 2.26. The summed E-state index contributed by atoms with van der Waals surface area (Å²) in [4.78, 5) is 12.9. The van der Waals surface area contributed by atoms with Gasteiger partial charge in [-0.3, -0.25) is 4.79 Å². The minimum absolute atomic E-state index is 0.190. The van der Waals surface area contributed by atoms with Crippen LogP contribution < -0.4 is 4.90 Å². The molecule has 82 valence electrons. The van der Waals surface area contributed by atoms with Crippen LogP contribution in [0.4, 0.5) is 5.69 Å². The van der Waals surface area contributed by atoms with Crippen LogP contribution in [0.25, 0.3) is 0 Å². The molecule has 0 bridgehead atoms. The molecule has 1 rings (SSSR count). The maximum absolute atomic E-state index is 10.9. The van der Waals surface area contributed by atoms with Crippen molar-refractivity contribution in [2.75, 3.05) is 11.9 Å². The van der Waals surface area contributed by atoms with Crippen molar-refractivity contribution in [2.45, 2.75) is 26.5 Å². The maximum Gasteiger partial charge on any atom is 0.304 e. The van der Waals surface area contributed by atoms with Crippen molar-refractivity contribution in [3.05, 3.63) is 30.3 Å². The number of anilines is 1. The van der Waals surface area contributed by atoms with Crippen LogP contribution in [-0.2, 0) is 9.53 Å². The summed E-state index contributed by atoms with van der Waals surface area (Å²) in [7, 11) is 1.92. The van der Waals surface area contributed by atoms with E-state index in [1.807, 2.05) is 49.2 Å². The highest BCUT2D eigenvalue weighted by molar-refractivity contribution is 5.66. The first-order valence-corrected chi connectivity index (χ1v) is 5.10. The van der Waals surface area contributed by atoms with Gasteiger partial charge in [-0.05, 0) is 12.1 Å². The van der Waals surface area contributed by atoms with Crippen LogP contribution >= 0.6 is 0 Å². The number of hydrogen-bond donors (Lipinski definition) is 0. The third-order valence-electron chi connectivity index (χ3n) is 2.25. The zero-order chi connectivity index (χ0) is 11.3. The minimum atomic E-state index is -0.246. The number of nitrogens with zero attached hydrogens (tertiary/aromatic N) is 1. The van der Waals surface area contributed by atoms with Gasteiger partial charge in [0.2, 0.25) is 0 Å².